The Bertz CT molecular complexity index is 656. The van der Waals surface area contributed by atoms with Crippen molar-refractivity contribution in [3.8, 4) is 11.8 Å². The predicted octanol–water partition coefficient (Wildman–Crippen LogP) is 2.40. The Morgan fingerprint density at radius 3 is 2.81 bits per heavy atom. The number of hydrogen-bond donors (Lipinski definition) is 2. The third-order valence-corrected chi connectivity index (χ3v) is 3.20. The van der Waals surface area contributed by atoms with E-state index >= 15 is 0 Å². The molecule has 0 amide bonds. The van der Waals surface area contributed by atoms with Gasteiger partial charge in [0.2, 0.25) is 0 Å². The van der Waals surface area contributed by atoms with Crippen molar-refractivity contribution >= 4 is 5.69 Å². The van der Waals surface area contributed by atoms with E-state index in [0.29, 0.717) is 24.6 Å². The van der Waals surface area contributed by atoms with E-state index in [-0.39, 0.29) is 6.61 Å². The van der Waals surface area contributed by atoms with E-state index in [9.17, 15) is 5.11 Å². The molecular weight excluding hydrogens is 266 g/mol. The molecule has 0 fully saturated rings. The van der Waals surface area contributed by atoms with Crippen molar-refractivity contribution in [3.63, 3.8) is 0 Å². The van der Waals surface area contributed by atoms with Crippen LogP contribution in [0.3, 0.4) is 0 Å². The number of aliphatic hydroxyl groups excluding tert-OH is 1. The Balaban J connectivity index is 2.07. The van der Waals surface area contributed by atoms with Gasteiger partial charge in [0.05, 0.1) is 13.2 Å². The number of hydrogen-bond acceptors (Lipinski definition) is 4. The van der Waals surface area contributed by atoms with Crippen LogP contribution in [0.1, 0.15) is 23.7 Å². The summed E-state index contributed by atoms with van der Waals surface area (Å²) in [5.41, 5.74) is 3.33. The lowest BCUT2D eigenvalue weighted by molar-refractivity contribution is 0.267. The Morgan fingerprint density at radius 2 is 2.19 bits per heavy atom. The van der Waals surface area contributed by atoms with Crippen LogP contribution >= 0.6 is 0 Å². The second kappa shape index (κ2) is 6.82. The molecule has 0 radical (unpaired) electrons. The van der Waals surface area contributed by atoms with Crippen LogP contribution in [-0.4, -0.2) is 16.3 Å². The summed E-state index contributed by atoms with van der Waals surface area (Å²) in [5.74, 6) is 0.706. The highest BCUT2D eigenvalue weighted by Crippen LogP contribution is 2.23. The summed E-state index contributed by atoms with van der Waals surface area (Å²) < 4.78 is 7.25. The average molecular weight is 285 g/mol. The summed E-state index contributed by atoms with van der Waals surface area (Å²) in [7, 11) is 1.85. The normalized spacial score (nSPS) is 10.2. The topological polar surface area (TPSA) is 70.2 Å². The minimum Gasteiger partial charge on any atom is -0.494 e. The average Bonchev–Trinajstić information content (AvgIpc) is 2.86. The SMILES string of the molecule is CCOc1ccc(NCc2cc(C#N)n(C)c2)cc1CO. The number of aromatic nitrogens is 1. The van der Waals surface area contributed by atoms with Crippen LogP contribution in [0.2, 0.25) is 0 Å². The van der Waals surface area contributed by atoms with Gasteiger partial charge in [-0.1, -0.05) is 0 Å². The molecule has 0 spiro atoms. The molecule has 1 aromatic carbocycles. The van der Waals surface area contributed by atoms with E-state index in [1.807, 2.05) is 44.4 Å². The van der Waals surface area contributed by atoms with Gasteiger partial charge in [-0.05, 0) is 36.8 Å². The number of nitrogens with one attached hydrogen (secondary N) is 1. The lowest BCUT2D eigenvalue weighted by atomic mass is 10.2. The zero-order valence-corrected chi connectivity index (χ0v) is 12.3. The molecule has 0 atom stereocenters. The van der Waals surface area contributed by atoms with Crippen LogP contribution in [0.15, 0.2) is 30.5 Å². The quantitative estimate of drug-likeness (QED) is 0.855. The van der Waals surface area contributed by atoms with Crippen LogP contribution in [-0.2, 0) is 20.2 Å². The number of ether oxygens (including phenoxy) is 1. The molecule has 2 rings (SSSR count). The van der Waals surface area contributed by atoms with Crippen molar-refractivity contribution in [1.82, 2.24) is 4.57 Å². The van der Waals surface area contributed by atoms with Crippen LogP contribution in [0.5, 0.6) is 5.75 Å². The molecule has 110 valence electrons. The molecule has 0 bridgehead atoms. The maximum Gasteiger partial charge on any atom is 0.124 e. The molecule has 2 aromatic rings. The number of aryl methyl sites for hydroxylation is 1. The van der Waals surface area contributed by atoms with Crippen molar-refractivity contribution in [3.05, 3.63) is 47.3 Å². The van der Waals surface area contributed by atoms with Crippen LogP contribution in [0.4, 0.5) is 5.69 Å². The number of benzene rings is 1. The highest BCUT2D eigenvalue weighted by atomic mass is 16.5. The first-order chi connectivity index (χ1) is 10.2. The number of aliphatic hydroxyl groups is 1. The minimum absolute atomic E-state index is 0.0607. The zero-order chi connectivity index (χ0) is 15.2. The Labute approximate surface area is 124 Å². The van der Waals surface area contributed by atoms with Gasteiger partial charge in [0.25, 0.3) is 0 Å². The lowest BCUT2D eigenvalue weighted by Crippen LogP contribution is -2.01. The molecule has 2 N–H and O–H groups in total. The first kappa shape index (κ1) is 14.9. The van der Waals surface area contributed by atoms with Gasteiger partial charge in [-0.15, -0.1) is 0 Å². The molecule has 0 unspecified atom stereocenters. The summed E-state index contributed by atoms with van der Waals surface area (Å²) in [6.45, 7) is 3.04. The van der Waals surface area contributed by atoms with Gasteiger partial charge in [-0.3, -0.25) is 0 Å². The number of rotatable bonds is 6. The van der Waals surface area contributed by atoms with E-state index in [1.165, 1.54) is 0 Å². The molecule has 1 aromatic heterocycles. The first-order valence-electron chi connectivity index (χ1n) is 6.83. The van der Waals surface area contributed by atoms with Crippen molar-refractivity contribution in [2.24, 2.45) is 7.05 Å². The van der Waals surface area contributed by atoms with E-state index in [0.717, 1.165) is 16.8 Å². The standard InChI is InChI=1S/C16H19N3O2/c1-3-21-16-5-4-14(7-13(16)11-20)18-9-12-6-15(8-17)19(2)10-12/h4-7,10,18,20H,3,9,11H2,1-2H3. The van der Waals surface area contributed by atoms with E-state index < -0.39 is 0 Å². The second-order valence-electron chi connectivity index (χ2n) is 4.72. The van der Waals surface area contributed by atoms with E-state index in [2.05, 4.69) is 11.4 Å². The van der Waals surface area contributed by atoms with Gasteiger partial charge in [0, 0.05) is 31.0 Å². The molecule has 0 aliphatic carbocycles. The summed E-state index contributed by atoms with van der Waals surface area (Å²) in [5, 5.41) is 21.6. The summed E-state index contributed by atoms with van der Waals surface area (Å²) in [6, 6.07) is 9.63. The number of nitrogens with zero attached hydrogens (tertiary/aromatic N) is 2. The molecule has 5 heteroatoms. The largest absolute Gasteiger partial charge is 0.494 e. The van der Waals surface area contributed by atoms with Crippen molar-refractivity contribution in [2.75, 3.05) is 11.9 Å². The molecule has 0 saturated heterocycles. The van der Waals surface area contributed by atoms with Crippen molar-refractivity contribution in [1.29, 1.82) is 5.26 Å². The molecule has 0 aliphatic rings. The smallest absolute Gasteiger partial charge is 0.124 e. The number of nitriles is 1. The van der Waals surface area contributed by atoms with Crippen LogP contribution < -0.4 is 10.1 Å². The van der Waals surface area contributed by atoms with E-state index in [1.54, 1.807) is 4.57 Å². The zero-order valence-electron chi connectivity index (χ0n) is 12.3. The van der Waals surface area contributed by atoms with Crippen molar-refractivity contribution < 1.29 is 9.84 Å². The lowest BCUT2D eigenvalue weighted by Gasteiger charge is -2.11. The first-order valence-corrected chi connectivity index (χ1v) is 6.83. The Hall–Kier alpha value is -2.45. The fourth-order valence-electron chi connectivity index (χ4n) is 2.15. The fourth-order valence-corrected chi connectivity index (χ4v) is 2.15. The monoisotopic (exact) mass is 285 g/mol. The summed E-state index contributed by atoms with van der Waals surface area (Å²) in [6.07, 6.45) is 1.92. The molecular formula is C16H19N3O2. The number of anilines is 1. The summed E-state index contributed by atoms with van der Waals surface area (Å²) in [4.78, 5) is 0. The maximum absolute atomic E-state index is 9.38. The van der Waals surface area contributed by atoms with Gasteiger partial charge in [0.1, 0.15) is 17.5 Å². The molecule has 21 heavy (non-hydrogen) atoms. The van der Waals surface area contributed by atoms with Crippen LogP contribution in [0, 0.1) is 11.3 Å². The third-order valence-electron chi connectivity index (χ3n) is 3.20. The van der Waals surface area contributed by atoms with Gasteiger partial charge in [0.15, 0.2) is 0 Å². The third kappa shape index (κ3) is 3.56. The van der Waals surface area contributed by atoms with Crippen molar-refractivity contribution in [2.45, 2.75) is 20.1 Å². The molecule has 1 heterocycles. The second-order valence-corrected chi connectivity index (χ2v) is 4.72. The van der Waals surface area contributed by atoms with E-state index in [4.69, 9.17) is 10.00 Å². The summed E-state index contributed by atoms with van der Waals surface area (Å²) >= 11 is 0. The highest BCUT2D eigenvalue weighted by molar-refractivity contribution is 5.51. The molecule has 5 nitrogen and oxygen atoms in total. The fraction of sp³-hybridized carbons (Fsp3) is 0.312. The molecule has 0 aliphatic heterocycles. The highest BCUT2D eigenvalue weighted by Gasteiger charge is 2.05. The van der Waals surface area contributed by atoms with Gasteiger partial charge in [-0.2, -0.15) is 5.26 Å². The maximum atomic E-state index is 9.38. The Kier molecular flexibility index (Phi) is 4.85. The van der Waals surface area contributed by atoms with Crippen LogP contribution in [0.25, 0.3) is 0 Å². The van der Waals surface area contributed by atoms with Gasteiger partial charge < -0.3 is 19.7 Å². The van der Waals surface area contributed by atoms with Gasteiger partial charge in [-0.25, -0.2) is 0 Å². The van der Waals surface area contributed by atoms with Gasteiger partial charge >= 0.3 is 0 Å². The molecule has 0 saturated carbocycles. The minimum atomic E-state index is -0.0607. The Morgan fingerprint density at radius 1 is 1.38 bits per heavy atom. The predicted molar refractivity (Wildman–Crippen MR) is 81.0 cm³/mol.